The van der Waals surface area contributed by atoms with E-state index in [0.717, 1.165) is 37.2 Å². The Morgan fingerprint density at radius 1 is 1.07 bits per heavy atom. The highest BCUT2D eigenvalue weighted by Crippen LogP contribution is 2.29. The number of anilines is 1. The van der Waals surface area contributed by atoms with E-state index in [1.54, 1.807) is 4.90 Å². The van der Waals surface area contributed by atoms with E-state index in [-0.39, 0.29) is 17.8 Å². The molecule has 1 aliphatic carbocycles. The van der Waals surface area contributed by atoms with Crippen LogP contribution in [0.4, 0.5) is 19.3 Å². The molecule has 28 heavy (non-hydrogen) atoms. The number of carbonyl (C=O) groups is 1. The summed E-state index contributed by atoms with van der Waals surface area (Å²) in [5.41, 5.74) is 2.16. The van der Waals surface area contributed by atoms with Crippen LogP contribution in [0.5, 0.6) is 0 Å². The molecule has 1 heterocycles. The molecule has 144 valence electrons. The molecule has 4 nitrogen and oxygen atoms in total. The number of rotatable bonds is 6. The SMILES string of the molecule is O=C(Nc1ccc(F)cc1F)N(Cc1cccn1Cc1ccccc1)C1CC1. The Hall–Kier alpha value is -3.15. The highest BCUT2D eigenvalue weighted by molar-refractivity contribution is 5.89. The minimum Gasteiger partial charge on any atom is -0.345 e. The Bertz CT molecular complexity index is 967. The number of nitrogens with zero attached hydrogens (tertiary/aromatic N) is 2. The van der Waals surface area contributed by atoms with Crippen LogP contribution in [0.15, 0.2) is 66.9 Å². The molecule has 3 aromatic rings. The van der Waals surface area contributed by atoms with Gasteiger partial charge in [-0.2, -0.15) is 0 Å². The molecule has 0 bridgehead atoms. The van der Waals surface area contributed by atoms with E-state index in [1.807, 2.05) is 36.5 Å². The van der Waals surface area contributed by atoms with Gasteiger partial charge in [-0.05, 0) is 42.7 Å². The molecular formula is C22H21F2N3O. The predicted molar refractivity (Wildman–Crippen MR) is 104 cm³/mol. The van der Waals surface area contributed by atoms with Gasteiger partial charge in [0.05, 0.1) is 12.2 Å². The fourth-order valence-corrected chi connectivity index (χ4v) is 3.23. The summed E-state index contributed by atoms with van der Waals surface area (Å²) in [4.78, 5) is 14.5. The topological polar surface area (TPSA) is 37.3 Å². The van der Waals surface area contributed by atoms with Gasteiger partial charge in [0.25, 0.3) is 0 Å². The van der Waals surface area contributed by atoms with Gasteiger partial charge in [-0.25, -0.2) is 13.6 Å². The minimum atomic E-state index is -0.781. The Kier molecular flexibility index (Phi) is 5.10. The van der Waals surface area contributed by atoms with Crippen molar-refractivity contribution in [2.75, 3.05) is 5.32 Å². The van der Waals surface area contributed by atoms with E-state index in [4.69, 9.17) is 0 Å². The number of urea groups is 1. The lowest BCUT2D eigenvalue weighted by molar-refractivity contribution is 0.204. The third kappa shape index (κ3) is 4.22. The lowest BCUT2D eigenvalue weighted by Crippen LogP contribution is -2.37. The van der Waals surface area contributed by atoms with Crippen LogP contribution in [-0.4, -0.2) is 21.5 Å². The van der Waals surface area contributed by atoms with Crippen molar-refractivity contribution in [2.45, 2.75) is 32.0 Å². The molecule has 1 saturated carbocycles. The van der Waals surface area contributed by atoms with E-state index >= 15 is 0 Å². The van der Waals surface area contributed by atoms with Crippen LogP contribution in [0, 0.1) is 11.6 Å². The van der Waals surface area contributed by atoms with Crippen LogP contribution in [0.25, 0.3) is 0 Å². The van der Waals surface area contributed by atoms with Gasteiger partial charge in [0.2, 0.25) is 0 Å². The van der Waals surface area contributed by atoms with Crippen molar-refractivity contribution in [3.63, 3.8) is 0 Å². The summed E-state index contributed by atoms with van der Waals surface area (Å²) in [7, 11) is 0. The first-order valence-electron chi connectivity index (χ1n) is 9.31. The summed E-state index contributed by atoms with van der Waals surface area (Å²) < 4.78 is 29.1. The Morgan fingerprint density at radius 3 is 2.57 bits per heavy atom. The molecule has 0 saturated heterocycles. The van der Waals surface area contributed by atoms with Crippen LogP contribution in [0.2, 0.25) is 0 Å². The number of hydrogen-bond acceptors (Lipinski definition) is 1. The molecule has 0 unspecified atom stereocenters. The Morgan fingerprint density at radius 2 is 1.86 bits per heavy atom. The normalized spacial score (nSPS) is 13.4. The van der Waals surface area contributed by atoms with Crippen molar-refractivity contribution >= 4 is 11.7 Å². The van der Waals surface area contributed by atoms with E-state index < -0.39 is 11.6 Å². The average Bonchev–Trinajstić information content (AvgIpc) is 3.43. The number of halogens is 2. The molecule has 4 rings (SSSR count). The van der Waals surface area contributed by atoms with E-state index in [0.29, 0.717) is 6.54 Å². The van der Waals surface area contributed by atoms with Gasteiger partial charge >= 0.3 is 6.03 Å². The maximum atomic E-state index is 13.9. The van der Waals surface area contributed by atoms with Gasteiger partial charge < -0.3 is 14.8 Å². The third-order valence-electron chi connectivity index (χ3n) is 4.87. The van der Waals surface area contributed by atoms with E-state index in [1.165, 1.54) is 11.6 Å². The quantitative estimate of drug-likeness (QED) is 0.640. The largest absolute Gasteiger partial charge is 0.345 e. The fourth-order valence-electron chi connectivity index (χ4n) is 3.23. The van der Waals surface area contributed by atoms with Gasteiger partial charge in [-0.3, -0.25) is 0 Å². The van der Waals surface area contributed by atoms with Gasteiger partial charge in [-0.15, -0.1) is 0 Å². The molecule has 0 radical (unpaired) electrons. The van der Waals surface area contributed by atoms with Crippen molar-refractivity contribution in [1.82, 2.24) is 9.47 Å². The second-order valence-corrected chi connectivity index (χ2v) is 7.03. The Labute approximate surface area is 162 Å². The molecule has 0 spiro atoms. The first kappa shape index (κ1) is 18.2. The Balaban J connectivity index is 1.49. The van der Waals surface area contributed by atoms with Crippen molar-refractivity contribution in [2.24, 2.45) is 0 Å². The smallest absolute Gasteiger partial charge is 0.322 e. The second-order valence-electron chi connectivity index (χ2n) is 7.03. The standard InChI is InChI=1S/C22H21F2N3O/c23-17-8-11-21(20(24)13-17)25-22(28)27(18-9-10-18)15-19-7-4-12-26(19)14-16-5-2-1-3-6-16/h1-8,11-13,18H,9-10,14-15H2,(H,25,28). The van der Waals surface area contributed by atoms with Crippen LogP contribution in [0.3, 0.4) is 0 Å². The lowest BCUT2D eigenvalue weighted by Gasteiger charge is -2.24. The predicted octanol–water partition coefficient (Wildman–Crippen LogP) is 5.01. The zero-order valence-electron chi connectivity index (χ0n) is 15.3. The van der Waals surface area contributed by atoms with Crippen LogP contribution >= 0.6 is 0 Å². The molecule has 1 aromatic heterocycles. The van der Waals surface area contributed by atoms with Crippen molar-refractivity contribution < 1.29 is 13.6 Å². The maximum Gasteiger partial charge on any atom is 0.322 e. The van der Waals surface area contributed by atoms with Crippen LogP contribution < -0.4 is 5.32 Å². The number of benzene rings is 2. The summed E-state index contributed by atoms with van der Waals surface area (Å²) in [6.07, 6.45) is 3.85. The summed E-state index contributed by atoms with van der Waals surface area (Å²) in [5.74, 6) is -1.45. The number of hydrogen-bond donors (Lipinski definition) is 1. The summed E-state index contributed by atoms with van der Waals surface area (Å²) in [6, 6.07) is 17.0. The molecule has 1 fully saturated rings. The van der Waals surface area contributed by atoms with Gasteiger partial charge in [0, 0.05) is 30.5 Å². The molecule has 1 N–H and O–H groups in total. The molecule has 2 aromatic carbocycles. The first-order chi connectivity index (χ1) is 13.6. The third-order valence-corrected chi connectivity index (χ3v) is 4.87. The van der Waals surface area contributed by atoms with Crippen molar-refractivity contribution in [1.29, 1.82) is 0 Å². The molecule has 0 aliphatic heterocycles. The van der Waals surface area contributed by atoms with Crippen LogP contribution in [0.1, 0.15) is 24.1 Å². The fraction of sp³-hybridized carbons (Fsp3) is 0.227. The number of amides is 2. The van der Waals surface area contributed by atoms with E-state index in [9.17, 15) is 13.6 Å². The molecular weight excluding hydrogens is 360 g/mol. The second kappa shape index (κ2) is 7.84. The summed E-state index contributed by atoms with van der Waals surface area (Å²) in [5, 5.41) is 2.58. The number of nitrogens with one attached hydrogen (secondary N) is 1. The number of aromatic nitrogens is 1. The van der Waals surface area contributed by atoms with Gasteiger partial charge in [0.15, 0.2) is 0 Å². The highest BCUT2D eigenvalue weighted by Gasteiger charge is 2.33. The van der Waals surface area contributed by atoms with Crippen molar-refractivity contribution in [3.8, 4) is 0 Å². The van der Waals surface area contributed by atoms with Crippen LogP contribution in [-0.2, 0) is 13.1 Å². The first-order valence-corrected chi connectivity index (χ1v) is 9.31. The molecule has 1 aliphatic rings. The minimum absolute atomic E-state index is 0.0169. The zero-order chi connectivity index (χ0) is 19.5. The van der Waals surface area contributed by atoms with Gasteiger partial charge in [0.1, 0.15) is 11.6 Å². The summed E-state index contributed by atoms with van der Waals surface area (Å²) in [6.45, 7) is 1.15. The van der Waals surface area contributed by atoms with E-state index in [2.05, 4.69) is 22.0 Å². The summed E-state index contributed by atoms with van der Waals surface area (Å²) >= 11 is 0. The zero-order valence-corrected chi connectivity index (χ0v) is 15.3. The maximum absolute atomic E-state index is 13.9. The molecule has 0 atom stereocenters. The lowest BCUT2D eigenvalue weighted by atomic mass is 10.2. The number of carbonyl (C=O) groups excluding carboxylic acids is 1. The average molecular weight is 381 g/mol. The molecule has 6 heteroatoms. The highest BCUT2D eigenvalue weighted by atomic mass is 19.1. The monoisotopic (exact) mass is 381 g/mol. The van der Waals surface area contributed by atoms with Gasteiger partial charge in [-0.1, -0.05) is 30.3 Å². The van der Waals surface area contributed by atoms with Crippen molar-refractivity contribution in [3.05, 3.63) is 89.8 Å². The molecule has 2 amide bonds.